The summed E-state index contributed by atoms with van der Waals surface area (Å²) in [6.45, 7) is 0. The van der Waals surface area contributed by atoms with Crippen LogP contribution in [0.2, 0.25) is 0 Å². The molecule has 1 aliphatic carbocycles. The lowest BCUT2D eigenvalue weighted by atomic mass is 9.83. The minimum absolute atomic E-state index is 0.0748. The Morgan fingerprint density at radius 1 is 0.261 bits per heavy atom. The highest BCUT2D eigenvalue weighted by Gasteiger charge is 2.34. The average Bonchev–Trinajstić information content (AvgIpc) is 1.27. The quantitative estimate of drug-likeness (QED) is 0.122. The molecule has 0 bridgehead atoms. The van der Waals surface area contributed by atoms with Crippen molar-refractivity contribution in [1.29, 1.82) is 0 Å². The summed E-state index contributed by atoms with van der Waals surface area (Å²) in [5.74, 6) is 1.05. The fraction of sp³-hybridized carbons (Fsp3) is 0.0230. The van der Waals surface area contributed by atoms with Crippen molar-refractivity contribution < 1.29 is 9.15 Å². The van der Waals surface area contributed by atoms with E-state index in [1.54, 1.807) is 0 Å². The number of fused-ring (bicyclic) bond motifs is 6. The van der Waals surface area contributed by atoms with E-state index in [4.69, 9.17) is 24.1 Å². The number of ether oxygens (including phenoxy) is 1. The number of rotatable bonds is 12. The first-order valence-electron chi connectivity index (χ1n) is 31.4. The summed E-state index contributed by atoms with van der Waals surface area (Å²) < 4.78 is 13.8. The number of furan rings is 1. The first-order valence-corrected chi connectivity index (χ1v) is 31.4. The molecular formula is C87H57N3O2. The van der Waals surface area contributed by atoms with Crippen molar-refractivity contribution in [1.82, 2.24) is 15.0 Å². The lowest BCUT2D eigenvalue weighted by Gasteiger charge is -2.21. The van der Waals surface area contributed by atoms with Gasteiger partial charge in [-0.25, -0.2) is 0 Å². The maximum absolute atomic E-state index is 6.97. The summed E-state index contributed by atoms with van der Waals surface area (Å²) in [5.41, 5.74) is 28.2. The lowest BCUT2D eigenvalue weighted by molar-refractivity contribution is 0.270. The highest BCUT2D eigenvalue weighted by Crippen LogP contribution is 2.52. The Hall–Kier alpha value is -12.1. The molecule has 4 aromatic heterocycles. The van der Waals surface area contributed by atoms with Crippen LogP contribution in [-0.4, -0.2) is 21.1 Å². The minimum atomic E-state index is -0.0748. The fourth-order valence-electron chi connectivity index (χ4n) is 14.0. The number of aromatic nitrogens is 3. The molecule has 432 valence electrons. The summed E-state index contributed by atoms with van der Waals surface area (Å²) in [4.78, 5) is 14.5. The van der Waals surface area contributed by atoms with E-state index in [0.29, 0.717) is 0 Å². The van der Waals surface area contributed by atoms with Gasteiger partial charge in [-0.15, -0.1) is 0 Å². The lowest BCUT2D eigenvalue weighted by Crippen LogP contribution is -2.15. The van der Waals surface area contributed by atoms with Gasteiger partial charge in [0.15, 0.2) is 0 Å². The second-order valence-electron chi connectivity index (χ2n) is 23.6. The van der Waals surface area contributed by atoms with Crippen LogP contribution < -0.4 is 4.74 Å². The Bertz CT molecular complexity index is 5380. The van der Waals surface area contributed by atoms with Crippen molar-refractivity contribution in [3.05, 3.63) is 340 Å². The molecule has 0 radical (unpaired) electrons. The van der Waals surface area contributed by atoms with E-state index in [1.807, 2.05) is 48.9 Å². The Labute approximate surface area is 534 Å². The number of pyridine rings is 3. The predicted octanol–water partition coefficient (Wildman–Crippen LogP) is 22.7. The topological polar surface area (TPSA) is 61.0 Å². The molecule has 5 nitrogen and oxygen atoms in total. The Balaban J connectivity index is 0.904. The van der Waals surface area contributed by atoms with Gasteiger partial charge in [-0.05, 0) is 174 Å². The van der Waals surface area contributed by atoms with Crippen LogP contribution in [0.5, 0.6) is 5.75 Å². The van der Waals surface area contributed by atoms with Crippen molar-refractivity contribution in [2.24, 2.45) is 0 Å². The van der Waals surface area contributed by atoms with Crippen LogP contribution in [0.4, 0.5) is 0 Å². The molecule has 2 unspecified atom stereocenters. The monoisotopic (exact) mass is 1180 g/mol. The molecule has 1 aliphatic heterocycles. The molecule has 0 amide bonds. The first kappa shape index (κ1) is 54.1. The molecule has 2 atom stereocenters. The Kier molecular flexibility index (Phi) is 13.6. The molecule has 15 aromatic rings. The fourth-order valence-corrected chi connectivity index (χ4v) is 14.0. The maximum Gasteiger partial charge on any atom is 0.143 e. The van der Waals surface area contributed by atoms with E-state index in [9.17, 15) is 0 Å². The molecule has 92 heavy (non-hydrogen) atoms. The molecule has 0 spiro atoms. The molecule has 0 saturated heterocycles. The molecule has 0 N–H and O–H groups in total. The van der Waals surface area contributed by atoms with Gasteiger partial charge in [0, 0.05) is 68.7 Å². The largest absolute Gasteiger partial charge is 0.484 e. The van der Waals surface area contributed by atoms with Gasteiger partial charge < -0.3 is 9.15 Å². The third-order valence-electron chi connectivity index (χ3n) is 18.3. The van der Waals surface area contributed by atoms with E-state index in [2.05, 4.69) is 285 Å². The number of nitrogens with zero attached hydrogens (tertiary/aromatic N) is 3. The number of para-hydroxylation sites is 3. The van der Waals surface area contributed by atoms with Crippen LogP contribution >= 0.6 is 0 Å². The zero-order chi connectivity index (χ0) is 60.9. The van der Waals surface area contributed by atoms with Gasteiger partial charge in [-0.1, -0.05) is 231 Å². The zero-order valence-corrected chi connectivity index (χ0v) is 50.1. The van der Waals surface area contributed by atoms with Gasteiger partial charge in [-0.2, -0.15) is 0 Å². The molecule has 17 rings (SSSR count). The number of hydrogen-bond donors (Lipinski definition) is 0. The molecule has 2 aliphatic rings. The first-order chi connectivity index (χ1) is 45.6. The third-order valence-corrected chi connectivity index (χ3v) is 18.3. The van der Waals surface area contributed by atoms with Crippen LogP contribution in [0.3, 0.4) is 0 Å². The SMILES string of the molecule is C1=CC2Oc3c(-c4cc(-c5ccccn5)ccc4-c4ccccc4-c4cc(-c5ccccc5-c5ccc(-c6ccccn6)cc5-c5ccccc5)cc(-c5ccccc5-c5ccc(-c6ccccn6)cc5-c5cccc6c5oc5ccccc56)c4)cccc3C2C=C1. The van der Waals surface area contributed by atoms with Crippen molar-refractivity contribution >= 4 is 21.9 Å². The summed E-state index contributed by atoms with van der Waals surface area (Å²) >= 11 is 0. The smallest absolute Gasteiger partial charge is 0.143 e. The predicted molar refractivity (Wildman–Crippen MR) is 378 cm³/mol. The zero-order valence-electron chi connectivity index (χ0n) is 50.1. The Morgan fingerprint density at radius 3 is 1.24 bits per heavy atom. The summed E-state index contributed by atoms with van der Waals surface area (Å²) in [6, 6.07) is 105. The van der Waals surface area contributed by atoms with Crippen LogP contribution in [0.25, 0.3) is 156 Å². The molecular weight excluding hydrogens is 1120 g/mol. The van der Waals surface area contributed by atoms with Crippen LogP contribution in [0.1, 0.15) is 11.5 Å². The van der Waals surface area contributed by atoms with Crippen LogP contribution in [0.15, 0.2) is 338 Å². The summed E-state index contributed by atoms with van der Waals surface area (Å²) in [7, 11) is 0. The van der Waals surface area contributed by atoms with E-state index < -0.39 is 0 Å². The summed E-state index contributed by atoms with van der Waals surface area (Å²) in [6.07, 6.45) is 14.2. The number of allylic oxidation sites excluding steroid dienone is 2. The minimum Gasteiger partial charge on any atom is -0.484 e. The van der Waals surface area contributed by atoms with E-state index >= 15 is 0 Å². The second kappa shape index (κ2) is 23.2. The van der Waals surface area contributed by atoms with Gasteiger partial charge in [0.1, 0.15) is 23.0 Å². The van der Waals surface area contributed by atoms with Crippen LogP contribution in [-0.2, 0) is 0 Å². The average molecular weight is 1180 g/mol. The molecule has 0 fully saturated rings. The normalized spacial score (nSPS) is 13.9. The van der Waals surface area contributed by atoms with E-state index in [-0.39, 0.29) is 12.0 Å². The standard InChI is InChI=1S/C87H57N3O2/c1-2-22-56(23-3-1)78-53-57(81-36-14-17-47-88-81)41-44-69(78)66-27-7-4-24-63(66)60-50-61(64-25-5-8-28-67(64)70-45-42-58(82-37-15-18-48-89-82)54-79(70)76-34-20-32-74-72-30-10-12-39-84(72)91-86(74)76)52-62(51-60)65-26-6-9-29-68(65)71-46-43-59(83-38-16-19-49-90-83)55-80(71)77-35-21-33-75-73-31-11-13-40-85(73)92-87(75)77/h1-55,72,84H. The molecule has 0 saturated carbocycles. The highest BCUT2D eigenvalue weighted by molar-refractivity contribution is 6.11. The van der Waals surface area contributed by atoms with Crippen LogP contribution in [0, 0.1) is 0 Å². The third kappa shape index (κ3) is 9.72. The summed E-state index contributed by atoms with van der Waals surface area (Å²) in [5, 5.41) is 2.16. The maximum atomic E-state index is 6.97. The second-order valence-corrected chi connectivity index (χ2v) is 23.6. The molecule has 5 heterocycles. The van der Waals surface area contributed by atoms with Crippen molar-refractivity contribution in [3.8, 4) is 140 Å². The Morgan fingerprint density at radius 2 is 0.685 bits per heavy atom. The van der Waals surface area contributed by atoms with Crippen molar-refractivity contribution in [2.75, 3.05) is 0 Å². The van der Waals surface area contributed by atoms with Gasteiger partial charge in [-0.3, -0.25) is 15.0 Å². The van der Waals surface area contributed by atoms with E-state index in [1.165, 1.54) is 5.56 Å². The highest BCUT2D eigenvalue weighted by atomic mass is 16.5. The van der Waals surface area contributed by atoms with Gasteiger partial charge in [0.05, 0.1) is 17.1 Å². The van der Waals surface area contributed by atoms with E-state index in [0.717, 1.165) is 162 Å². The van der Waals surface area contributed by atoms with Gasteiger partial charge in [0.2, 0.25) is 0 Å². The molecule has 11 aromatic carbocycles. The van der Waals surface area contributed by atoms with Crippen molar-refractivity contribution in [2.45, 2.75) is 12.0 Å². The van der Waals surface area contributed by atoms with Gasteiger partial charge >= 0.3 is 0 Å². The van der Waals surface area contributed by atoms with Crippen molar-refractivity contribution in [3.63, 3.8) is 0 Å². The van der Waals surface area contributed by atoms with Gasteiger partial charge in [0.25, 0.3) is 0 Å². The number of benzene rings is 11. The number of hydrogen-bond acceptors (Lipinski definition) is 5. The molecule has 5 heteroatoms.